The number of benzene rings is 2. The van der Waals surface area contributed by atoms with E-state index in [1.807, 2.05) is 60.7 Å². The summed E-state index contributed by atoms with van der Waals surface area (Å²) in [4.78, 5) is 32.4. The topological polar surface area (TPSA) is 77.3 Å². The van der Waals surface area contributed by atoms with Crippen LogP contribution < -0.4 is 4.90 Å². The van der Waals surface area contributed by atoms with Gasteiger partial charge in [-0.15, -0.1) is 0 Å². The van der Waals surface area contributed by atoms with Crippen LogP contribution in [0.4, 0.5) is 5.69 Å². The smallest absolute Gasteiger partial charge is 0.342 e. The van der Waals surface area contributed by atoms with Crippen LogP contribution in [-0.2, 0) is 16.0 Å². The maximum absolute atomic E-state index is 13.3. The molecule has 1 aliphatic rings. The molecule has 7 nitrogen and oxygen atoms in total. The Labute approximate surface area is 197 Å². The van der Waals surface area contributed by atoms with E-state index in [2.05, 4.69) is 10.1 Å². The molecule has 4 aromatic rings. The number of nitrogens with zero attached hydrogens (tertiary/aromatic N) is 4. The van der Waals surface area contributed by atoms with Crippen molar-refractivity contribution in [3.8, 4) is 16.9 Å². The molecule has 0 saturated carbocycles. The largest absolute Gasteiger partial charge is 0.449 e. The van der Waals surface area contributed by atoms with E-state index in [0.29, 0.717) is 17.8 Å². The van der Waals surface area contributed by atoms with Crippen molar-refractivity contribution in [2.75, 3.05) is 11.4 Å². The van der Waals surface area contributed by atoms with E-state index in [4.69, 9.17) is 4.74 Å². The summed E-state index contributed by atoms with van der Waals surface area (Å²) < 4.78 is 7.31. The van der Waals surface area contributed by atoms with Gasteiger partial charge in [-0.2, -0.15) is 5.10 Å². The zero-order valence-electron chi connectivity index (χ0n) is 18.8. The predicted octanol–water partition coefficient (Wildman–Crippen LogP) is 4.46. The number of anilines is 1. The highest BCUT2D eigenvalue weighted by Crippen LogP contribution is 2.28. The van der Waals surface area contributed by atoms with Crippen molar-refractivity contribution in [1.29, 1.82) is 0 Å². The number of aromatic nitrogens is 3. The minimum Gasteiger partial charge on any atom is -0.449 e. The molecule has 0 bridgehead atoms. The molecule has 1 amide bonds. The normalized spacial score (nSPS) is 13.7. The van der Waals surface area contributed by atoms with Crippen molar-refractivity contribution >= 4 is 17.6 Å². The van der Waals surface area contributed by atoms with E-state index < -0.39 is 12.1 Å². The highest BCUT2D eigenvalue weighted by atomic mass is 16.5. The van der Waals surface area contributed by atoms with Crippen LogP contribution in [0.15, 0.2) is 85.3 Å². The van der Waals surface area contributed by atoms with Crippen LogP contribution in [0.2, 0.25) is 0 Å². The van der Waals surface area contributed by atoms with Crippen LogP contribution >= 0.6 is 0 Å². The van der Waals surface area contributed by atoms with Crippen molar-refractivity contribution in [2.45, 2.75) is 25.9 Å². The van der Waals surface area contributed by atoms with Crippen LogP contribution in [0.5, 0.6) is 0 Å². The molecule has 0 saturated heterocycles. The Kier molecular flexibility index (Phi) is 5.91. The number of para-hydroxylation sites is 2. The highest BCUT2D eigenvalue weighted by Gasteiger charge is 2.30. The zero-order chi connectivity index (χ0) is 23.5. The number of esters is 1. The van der Waals surface area contributed by atoms with Gasteiger partial charge in [-0.3, -0.25) is 9.78 Å². The van der Waals surface area contributed by atoms with Gasteiger partial charge in [0.15, 0.2) is 6.10 Å². The second-order valence-electron chi connectivity index (χ2n) is 8.18. The maximum atomic E-state index is 13.3. The molecule has 0 radical (unpaired) electrons. The molecule has 0 N–H and O–H groups in total. The number of hydrogen-bond donors (Lipinski definition) is 0. The monoisotopic (exact) mass is 452 g/mol. The first-order chi connectivity index (χ1) is 16.6. The van der Waals surface area contributed by atoms with Crippen molar-refractivity contribution in [3.63, 3.8) is 0 Å². The number of ether oxygens (including phenoxy) is 1. The van der Waals surface area contributed by atoms with Gasteiger partial charge in [0.25, 0.3) is 5.91 Å². The third-order valence-corrected chi connectivity index (χ3v) is 5.90. The fourth-order valence-electron chi connectivity index (χ4n) is 4.21. The molecule has 34 heavy (non-hydrogen) atoms. The number of aryl methyl sites for hydroxylation is 1. The summed E-state index contributed by atoms with van der Waals surface area (Å²) in [6.45, 7) is 2.22. The Hall–Kier alpha value is -4.26. The van der Waals surface area contributed by atoms with Crippen LogP contribution in [0.3, 0.4) is 0 Å². The average Bonchev–Trinajstić information content (AvgIpc) is 3.35. The average molecular weight is 453 g/mol. The van der Waals surface area contributed by atoms with E-state index in [-0.39, 0.29) is 11.5 Å². The highest BCUT2D eigenvalue weighted by molar-refractivity contribution is 6.01. The molecule has 1 atom stereocenters. The van der Waals surface area contributed by atoms with Crippen LogP contribution in [-0.4, -0.2) is 39.3 Å². The van der Waals surface area contributed by atoms with Crippen molar-refractivity contribution in [3.05, 3.63) is 96.4 Å². The number of rotatable bonds is 5. The lowest BCUT2D eigenvalue weighted by molar-refractivity contribution is -0.126. The quantitative estimate of drug-likeness (QED) is 0.418. The van der Waals surface area contributed by atoms with Gasteiger partial charge in [0.05, 0.1) is 5.69 Å². The first-order valence-corrected chi connectivity index (χ1v) is 11.3. The number of fused-ring (bicyclic) bond motifs is 1. The summed E-state index contributed by atoms with van der Waals surface area (Å²) in [6.07, 6.45) is 5.80. The SMILES string of the molecule is CC(OC(=O)c1cn(-c2ccccc2)nc1-c1cccnc1)C(=O)N1CCCc2ccccc21. The number of amides is 1. The number of carbonyl (C=O) groups is 2. The molecule has 2 aromatic carbocycles. The first-order valence-electron chi connectivity index (χ1n) is 11.3. The number of hydrogen-bond acceptors (Lipinski definition) is 5. The van der Waals surface area contributed by atoms with Gasteiger partial charge in [0.2, 0.25) is 0 Å². The molecular weight excluding hydrogens is 428 g/mol. The van der Waals surface area contributed by atoms with Gasteiger partial charge >= 0.3 is 5.97 Å². The molecule has 1 aliphatic heterocycles. The van der Waals surface area contributed by atoms with E-state index in [9.17, 15) is 9.59 Å². The molecule has 0 aliphatic carbocycles. The van der Waals surface area contributed by atoms with E-state index in [0.717, 1.165) is 29.8 Å². The van der Waals surface area contributed by atoms with Gasteiger partial charge in [-0.05, 0) is 55.7 Å². The van der Waals surface area contributed by atoms with Crippen molar-refractivity contribution in [1.82, 2.24) is 14.8 Å². The molecule has 2 aromatic heterocycles. The lowest BCUT2D eigenvalue weighted by Gasteiger charge is -2.31. The van der Waals surface area contributed by atoms with Crippen LogP contribution in [0.25, 0.3) is 16.9 Å². The minimum absolute atomic E-state index is 0.237. The fraction of sp³-hybridized carbons (Fsp3) is 0.185. The van der Waals surface area contributed by atoms with E-state index in [1.54, 1.807) is 41.2 Å². The lowest BCUT2D eigenvalue weighted by Crippen LogP contribution is -2.42. The van der Waals surface area contributed by atoms with Gasteiger partial charge in [0.1, 0.15) is 11.3 Å². The summed E-state index contributed by atoms with van der Waals surface area (Å²) in [5.41, 5.74) is 4.23. The minimum atomic E-state index is -0.944. The summed E-state index contributed by atoms with van der Waals surface area (Å²) in [7, 11) is 0. The first kappa shape index (κ1) is 21.6. The standard InChI is InChI=1S/C27H24N4O3/c1-19(26(32)30-16-8-11-20-9-5-6-14-24(20)30)34-27(33)23-18-31(22-12-3-2-4-13-22)29-25(23)21-10-7-15-28-17-21/h2-7,9-10,12-15,17-19H,8,11,16H2,1H3. The van der Waals surface area contributed by atoms with Gasteiger partial charge in [0, 0.05) is 36.4 Å². The molecule has 7 heteroatoms. The molecule has 5 rings (SSSR count). The van der Waals surface area contributed by atoms with E-state index in [1.165, 1.54) is 0 Å². The maximum Gasteiger partial charge on any atom is 0.342 e. The second kappa shape index (κ2) is 9.31. The summed E-state index contributed by atoms with van der Waals surface area (Å²) >= 11 is 0. The Bertz CT molecular complexity index is 1320. The van der Waals surface area contributed by atoms with Crippen molar-refractivity contribution < 1.29 is 14.3 Å². The molecule has 3 heterocycles. The summed E-state index contributed by atoms with van der Waals surface area (Å²) in [5, 5.41) is 4.62. The molecule has 0 spiro atoms. The lowest BCUT2D eigenvalue weighted by atomic mass is 10.0. The third-order valence-electron chi connectivity index (χ3n) is 5.90. The summed E-state index contributed by atoms with van der Waals surface area (Å²) in [5.74, 6) is -0.842. The van der Waals surface area contributed by atoms with Crippen LogP contribution in [0, 0.1) is 0 Å². The fourth-order valence-corrected chi connectivity index (χ4v) is 4.21. The van der Waals surface area contributed by atoms with Gasteiger partial charge < -0.3 is 9.64 Å². The third kappa shape index (κ3) is 4.20. The number of carbonyl (C=O) groups excluding carboxylic acids is 2. The Morgan fingerprint density at radius 2 is 1.79 bits per heavy atom. The van der Waals surface area contributed by atoms with Crippen molar-refractivity contribution in [2.24, 2.45) is 0 Å². The Balaban J connectivity index is 1.42. The molecule has 1 unspecified atom stereocenters. The van der Waals surface area contributed by atoms with Gasteiger partial charge in [-0.1, -0.05) is 36.4 Å². The summed E-state index contributed by atoms with van der Waals surface area (Å²) in [6, 6.07) is 21.0. The van der Waals surface area contributed by atoms with Crippen LogP contribution in [0.1, 0.15) is 29.3 Å². The molecular formula is C27H24N4O3. The molecule has 0 fully saturated rings. The number of pyridine rings is 1. The Morgan fingerprint density at radius 3 is 2.59 bits per heavy atom. The van der Waals surface area contributed by atoms with E-state index >= 15 is 0 Å². The Morgan fingerprint density at radius 1 is 1.00 bits per heavy atom. The predicted molar refractivity (Wildman–Crippen MR) is 129 cm³/mol. The zero-order valence-corrected chi connectivity index (χ0v) is 18.8. The van der Waals surface area contributed by atoms with Gasteiger partial charge in [-0.25, -0.2) is 9.48 Å². The molecule has 170 valence electrons. The second-order valence-corrected chi connectivity index (χ2v) is 8.18.